The van der Waals surface area contributed by atoms with Crippen LogP contribution in [0.2, 0.25) is 0 Å². The predicted molar refractivity (Wildman–Crippen MR) is 144 cm³/mol. The Labute approximate surface area is 220 Å². The first-order chi connectivity index (χ1) is 16.9. The average Bonchev–Trinajstić information content (AvgIpc) is 2.81. The fraction of sp³-hybridized carbons (Fsp3) is 0.667. The Hall–Kier alpha value is -2.42. The van der Waals surface area contributed by atoms with Crippen molar-refractivity contribution in [3.05, 3.63) is 29.3 Å². The minimum absolute atomic E-state index is 0.0383. The molecule has 8 nitrogen and oxygen atoms in total. The molecule has 0 heterocycles. The van der Waals surface area contributed by atoms with Crippen LogP contribution in [-0.2, 0) is 14.3 Å². The average molecular weight is 522 g/mol. The standard InChI is InChI=1S/C27H43N3O5S/c1-7-18(3)30(25(33)21(16-36)29-26(34)35-27(4,5)6)23(19-13-14-22(31)17(2)15-19)24(32)28-20-11-9-8-10-12-20/h13-15,18,20-21,23,31,36H,7-12,16H2,1-6H3,(H,28,32)(H,29,34). The summed E-state index contributed by atoms with van der Waals surface area (Å²) in [7, 11) is 0. The molecule has 9 heteroatoms. The van der Waals surface area contributed by atoms with Gasteiger partial charge in [0.15, 0.2) is 0 Å². The van der Waals surface area contributed by atoms with Gasteiger partial charge in [-0.15, -0.1) is 0 Å². The molecule has 0 radical (unpaired) electrons. The van der Waals surface area contributed by atoms with E-state index in [1.165, 1.54) is 0 Å². The molecule has 0 spiro atoms. The van der Waals surface area contributed by atoms with Gasteiger partial charge in [0.1, 0.15) is 23.4 Å². The largest absolute Gasteiger partial charge is 0.508 e. The van der Waals surface area contributed by atoms with Gasteiger partial charge in [0, 0.05) is 17.8 Å². The van der Waals surface area contributed by atoms with E-state index in [1.54, 1.807) is 50.8 Å². The zero-order valence-corrected chi connectivity index (χ0v) is 23.4. The molecule has 1 aliphatic rings. The number of ether oxygens (including phenoxy) is 1. The first-order valence-corrected chi connectivity index (χ1v) is 13.5. The number of carbonyl (C=O) groups excluding carboxylic acids is 3. The lowest BCUT2D eigenvalue weighted by molar-refractivity contribution is -0.145. The van der Waals surface area contributed by atoms with Gasteiger partial charge in [-0.2, -0.15) is 12.6 Å². The number of nitrogens with zero attached hydrogens (tertiary/aromatic N) is 1. The van der Waals surface area contributed by atoms with Gasteiger partial charge >= 0.3 is 6.09 Å². The number of benzene rings is 1. The molecule has 3 unspecified atom stereocenters. The SMILES string of the molecule is CCC(C)N(C(=O)C(CS)NC(=O)OC(C)(C)C)C(C(=O)NC1CCCCC1)c1ccc(O)c(C)c1. The molecule has 1 fully saturated rings. The summed E-state index contributed by atoms with van der Waals surface area (Å²) >= 11 is 4.33. The van der Waals surface area contributed by atoms with Gasteiger partial charge in [-0.25, -0.2) is 4.79 Å². The Kier molecular flexibility index (Phi) is 10.9. The minimum atomic E-state index is -0.986. The van der Waals surface area contributed by atoms with Crippen molar-refractivity contribution in [2.45, 2.75) is 110 Å². The normalized spacial score (nSPS) is 17.0. The maximum atomic E-state index is 13.9. The first-order valence-electron chi connectivity index (χ1n) is 12.9. The number of amides is 3. The van der Waals surface area contributed by atoms with Crippen molar-refractivity contribution < 1.29 is 24.2 Å². The van der Waals surface area contributed by atoms with E-state index >= 15 is 0 Å². The Morgan fingerprint density at radius 2 is 1.83 bits per heavy atom. The second-order valence-electron chi connectivity index (χ2n) is 10.7. The van der Waals surface area contributed by atoms with Crippen molar-refractivity contribution in [2.75, 3.05) is 5.75 Å². The van der Waals surface area contributed by atoms with Crippen molar-refractivity contribution in [3.8, 4) is 5.75 Å². The quantitative estimate of drug-likeness (QED) is 0.354. The van der Waals surface area contributed by atoms with E-state index in [-0.39, 0.29) is 29.5 Å². The lowest BCUT2D eigenvalue weighted by Crippen LogP contribution is -2.56. The van der Waals surface area contributed by atoms with Gasteiger partial charge in [-0.05, 0) is 77.1 Å². The molecule has 0 aromatic heterocycles. The van der Waals surface area contributed by atoms with Crippen LogP contribution in [0.1, 0.15) is 90.3 Å². The number of phenolic OH excluding ortho intramolecular Hbond substituents is 1. The van der Waals surface area contributed by atoms with Crippen LogP contribution in [0.3, 0.4) is 0 Å². The van der Waals surface area contributed by atoms with Crippen molar-refractivity contribution in [1.82, 2.24) is 15.5 Å². The predicted octanol–water partition coefficient (Wildman–Crippen LogP) is 4.64. The summed E-state index contributed by atoms with van der Waals surface area (Å²) < 4.78 is 5.35. The topological polar surface area (TPSA) is 108 Å². The number of thiol groups is 1. The van der Waals surface area contributed by atoms with E-state index in [1.807, 2.05) is 13.8 Å². The number of nitrogens with one attached hydrogen (secondary N) is 2. The Morgan fingerprint density at radius 1 is 1.19 bits per heavy atom. The third-order valence-corrected chi connectivity index (χ3v) is 6.87. The van der Waals surface area contributed by atoms with Gasteiger partial charge < -0.3 is 25.4 Å². The first kappa shape index (κ1) is 29.8. The summed E-state index contributed by atoms with van der Waals surface area (Å²) in [6.07, 6.45) is 4.97. The van der Waals surface area contributed by atoms with Crippen molar-refractivity contribution in [2.24, 2.45) is 0 Å². The van der Waals surface area contributed by atoms with Crippen molar-refractivity contribution in [3.63, 3.8) is 0 Å². The third-order valence-electron chi connectivity index (χ3n) is 6.51. The molecule has 0 saturated heterocycles. The van der Waals surface area contributed by atoms with E-state index in [4.69, 9.17) is 4.74 Å². The molecule has 3 amide bonds. The van der Waals surface area contributed by atoms with Gasteiger partial charge in [0.05, 0.1) is 0 Å². The second-order valence-corrected chi connectivity index (χ2v) is 11.0. The van der Waals surface area contributed by atoms with Crippen LogP contribution in [0.15, 0.2) is 18.2 Å². The van der Waals surface area contributed by atoms with Gasteiger partial charge in [0.25, 0.3) is 0 Å². The highest BCUT2D eigenvalue weighted by Gasteiger charge is 2.39. The number of hydrogen-bond donors (Lipinski definition) is 4. The van der Waals surface area contributed by atoms with E-state index in [2.05, 4.69) is 23.3 Å². The smallest absolute Gasteiger partial charge is 0.408 e. The monoisotopic (exact) mass is 521 g/mol. The number of phenols is 1. The fourth-order valence-electron chi connectivity index (χ4n) is 4.42. The summed E-state index contributed by atoms with van der Waals surface area (Å²) in [4.78, 5) is 41.7. The molecule has 0 aliphatic heterocycles. The highest BCUT2D eigenvalue weighted by atomic mass is 32.1. The zero-order valence-electron chi connectivity index (χ0n) is 22.5. The molecule has 202 valence electrons. The van der Waals surface area contributed by atoms with E-state index < -0.39 is 29.7 Å². The van der Waals surface area contributed by atoms with E-state index in [0.717, 1.165) is 32.1 Å². The number of aryl methyl sites for hydroxylation is 1. The Morgan fingerprint density at radius 3 is 2.36 bits per heavy atom. The van der Waals surface area contributed by atoms with Gasteiger partial charge in [0.2, 0.25) is 11.8 Å². The molecule has 1 saturated carbocycles. The van der Waals surface area contributed by atoms with Crippen LogP contribution >= 0.6 is 12.6 Å². The number of hydrogen-bond acceptors (Lipinski definition) is 6. The molecule has 1 aromatic rings. The number of alkyl carbamates (subject to hydrolysis) is 1. The Balaban J connectivity index is 2.46. The van der Waals surface area contributed by atoms with Crippen molar-refractivity contribution in [1.29, 1.82) is 0 Å². The van der Waals surface area contributed by atoms with Gasteiger partial charge in [-0.3, -0.25) is 9.59 Å². The third kappa shape index (κ3) is 8.32. The summed E-state index contributed by atoms with van der Waals surface area (Å²) in [5.74, 6) is -0.529. The van der Waals surface area contributed by atoms with Crippen LogP contribution in [0.25, 0.3) is 0 Å². The van der Waals surface area contributed by atoms with E-state index in [9.17, 15) is 19.5 Å². The Bertz CT molecular complexity index is 911. The highest BCUT2D eigenvalue weighted by molar-refractivity contribution is 7.80. The molecule has 3 atom stereocenters. The minimum Gasteiger partial charge on any atom is -0.508 e. The van der Waals surface area contributed by atoms with Crippen LogP contribution in [0.4, 0.5) is 4.79 Å². The van der Waals surface area contributed by atoms with Crippen molar-refractivity contribution >= 4 is 30.5 Å². The number of carbonyl (C=O) groups is 3. The molecule has 1 aliphatic carbocycles. The number of rotatable bonds is 9. The maximum Gasteiger partial charge on any atom is 0.408 e. The maximum absolute atomic E-state index is 13.9. The number of aromatic hydroxyl groups is 1. The lowest BCUT2D eigenvalue weighted by atomic mass is 9.94. The molecule has 0 bridgehead atoms. The van der Waals surface area contributed by atoms with E-state index in [0.29, 0.717) is 17.5 Å². The molecule has 1 aromatic carbocycles. The van der Waals surface area contributed by atoms with Gasteiger partial charge in [-0.1, -0.05) is 32.3 Å². The van der Waals surface area contributed by atoms with Crippen LogP contribution in [0, 0.1) is 6.92 Å². The van der Waals surface area contributed by atoms with Crippen LogP contribution in [-0.4, -0.2) is 57.4 Å². The summed E-state index contributed by atoms with van der Waals surface area (Å²) in [5, 5.41) is 15.9. The van der Waals surface area contributed by atoms with Crippen LogP contribution in [0.5, 0.6) is 5.75 Å². The lowest BCUT2D eigenvalue weighted by Gasteiger charge is -2.39. The molecule has 36 heavy (non-hydrogen) atoms. The molecular weight excluding hydrogens is 478 g/mol. The highest BCUT2D eigenvalue weighted by Crippen LogP contribution is 2.30. The summed E-state index contributed by atoms with van der Waals surface area (Å²) in [5.41, 5.74) is 0.482. The zero-order chi connectivity index (χ0) is 27.0. The summed E-state index contributed by atoms with van der Waals surface area (Å²) in [6.45, 7) is 10.8. The second kappa shape index (κ2) is 13.2. The molecular formula is C27H43N3O5S. The van der Waals surface area contributed by atoms with Crippen LogP contribution < -0.4 is 10.6 Å². The fourth-order valence-corrected chi connectivity index (χ4v) is 4.67. The molecule has 2 rings (SSSR count). The summed E-state index contributed by atoms with van der Waals surface area (Å²) in [6, 6.07) is 2.78. The molecule has 3 N–H and O–H groups in total.